The van der Waals surface area contributed by atoms with Crippen molar-refractivity contribution in [2.75, 3.05) is 0 Å². The molecule has 0 spiro atoms. The van der Waals surface area contributed by atoms with Crippen LogP contribution in [-0.4, -0.2) is 20.7 Å². The SMILES string of the molecule is CC(C)(Sc1ccc(Br)cc1[N+](=O)[O-])C(=O)O. The summed E-state index contributed by atoms with van der Waals surface area (Å²) in [6, 6.07) is 4.55. The van der Waals surface area contributed by atoms with Crippen LogP contribution in [0.25, 0.3) is 0 Å². The minimum atomic E-state index is -1.11. The van der Waals surface area contributed by atoms with Crippen molar-refractivity contribution in [2.24, 2.45) is 0 Å². The lowest BCUT2D eigenvalue weighted by atomic mass is 10.2. The van der Waals surface area contributed by atoms with E-state index in [-0.39, 0.29) is 5.69 Å². The van der Waals surface area contributed by atoms with Gasteiger partial charge in [-0.3, -0.25) is 14.9 Å². The second-order valence-electron chi connectivity index (χ2n) is 3.79. The molecule has 92 valence electrons. The van der Waals surface area contributed by atoms with Gasteiger partial charge in [0.2, 0.25) is 0 Å². The van der Waals surface area contributed by atoms with Crippen molar-refractivity contribution in [3.05, 3.63) is 32.8 Å². The maximum Gasteiger partial charge on any atom is 0.319 e. The van der Waals surface area contributed by atoms with Gasteiger partial charge < -0.3 is 5.11 Å². The molecule has 0 amide bonds. The van der Waals surface area contributed by atoms with Gasteiger partial charge in [-0.05, 0) is 26.0 Å². The molecule has 0 saturated heterocycles. The van der Waals surface area contributed by atoms with Crippen molar-refractivity contribution >= 4 is 39.3 Å². The van der Waals surface area contributed by atoms with Gasteiger partial charge in [-0.2, -0.15) is 0 Å². The number of aliphatic carboxylic acids is 1. The molecule has 0 aliphatic rings. The van der Waals surface area contributed by atoms with E-state index in [1.165, 1.54) is 26.0 Å². The number of hydrogen-bond acceptors (Lipinski definition) is 4. The summed E-state index contributed by atoms with van der Waals surface area (Å²) < 4.78 is -0.528. The predicted molar refractivity (Wildman–Crippen MR) is 68.4 cm³/mol. The first-order valence-corrected chi connectivity index (χ1v) is 6.21. The second kappa shape index (κ2) is 5.05. The van der Waals surface area contributed by atoms with E-state index < -0.39 is 15.6 Å². The van der Waals surface area contributed by atoms with Crippen LogP contribution in [0.4, 0.5) is 5.69 Å². The summed E-state index contributed by atoms with van der Waals surface area (Å²) in [5, 5.41) is 19.8. The van der Waals surface area contributed by atoms with Gasteiger partial charge in [-0.15, -0.1) is 11.8 Å². The van der Waals surface area contributed by atoms with Crippen LogP contribution in [0.15, 0.2) is 27.6 Å². The van der Waals surface area contributed by atoms with Crippen molar-refractivity contribution in [2.45, 2.75) is 23.5 Å². The zero-order chi connectivity index (χ0) is 13.2. The fourth-order valence-electron chi connectivity index (χ4n) is 1.04. The Bertz CT molecular complexity index is 475. The van der Waals surface area contributed by atoms with Crippen LogP contribution in [0.3, 0.4) is 0 Å². The Morgan fingerprint density at radius 2 is 2.12 bits per heavy atom. The van der Waals surface area contributed by atoms with Gasteiger partial charge in [0, 0.05) is 10.5 Å². The van der Waals surface area contributed by atoms with E-state index in [4.69, 9.17) is 5.11 Å². The number of hydrogen-bond donors (Lipinski definition) is 1. The van der Waals surface area contributed by atoms with E-state index in [2.05, 4.69) is 15.9 Å². The first-order chi connectivity index (χ1) is 7.74. The molecule has 0 unspecified atom stereocenters. The van der Waals surface area contributed by atoms with Crippen molar-refractivity contribution in [3.8, 4) is 0 Å². The Kier molecular flexibility index (Phi) is 4.16. The van der Waals surface area contributed by atoms with E-state index >= 15 is 0 Å². The van der Waals surface area contributed by atoms with Gasteiger partial charge in [0.1, 0.15) is 4.75 Å². The summed E-state index contributed by atoms with van der Waals surface area (Å²) in [4.78, 5) is 21.6. The molecule has 0 saturated carbocycles. The lowest BCUT2D eigenvalue weighted by Gasteiger charge is -2.18. The van der Waals surface area contributed by atoms with Gasteiger partial charge in [0.05, 0.1) is 9.82 Å². The summed E-state index contributed by atoms with van der Waals surface area (Å²) in [6.07, 6.45) is 0. The molecule has 0 heterocycles. The Morgan fingerprint density at radius 3 is 2.59 bits per heavy atom. The first kappa shape index (κ1) is 14.0. The van der Waals surface area contributed by atoms with Crippen molar-refractivity contribution in [3.63, 3.8) is 0 Å². The standard InChI is InChI=1S/C10H10BrNO4S/c1-10(2,9(13)14)17-8-4-3-6(11)5-7(8)12(15)16/h3-5H,1-2H3,(H,13,14). The molecule has 1 aromatic rings. The highest BCUT2D eigenvalue weighted by atomic mass is 79.9. The fraction of sp³-hybridized carbons (Fsp3) is 0.300. The number of carboxylic acid groups (broad SMARTS) is 1. The monoisotopic (exact) mass is 319 g/mol. The Labute approximate surface area is 110 Å². The predicted octanol–water partition coefficient (Wildman–Crippen LogP) is 3.31. The lowest BCUT2D eigenvalue weighted by molar-refractivity contribution is -0.387. The van der Waals surface area contributed by atoms with Gasteiger partial charge in [0.15, 0.2) is 0 Å². The zero-order valence-corrected chi connectivity index (χ0v) is 11.5. The molecule has 0 bridgehead atoms. The molecule has 0 aliphatic carbocycles. The van der Waals surface area contributed by atoms with Crippen LogP contribution in [0.2, 0.25) is 0 Å². The minimum absolute atomic E-state index is 0.0984. The van der Waals surface area contributed by atoms with Crippen molar-refractivity contribution in [1.29, 1.82) is 0 Å². The number of carboxylic acids is 1. The average Bonchev–Trinajstić information content (AvgIpc) is 2.19. The number of carbonyl (C=O) groups is 1. The molecule has 1 N–H and O–H groups in total. The van der Waals surface area contributed by atoms with Crippen LogP contribution in [-0.2, 0) is 4.79 Å². The average molecular weight is 320 g/mol. The topological polar surface area (TPSA) is 80.4 Å². The number of thioether (sulfide) groups is 1. The van der Waals surface area contributed by atoms with E-state index in [0.717, 1.165) is 11.8 Å². The molecule has 7 heteroatoms. The van der Waals surface area contributed by atoms with Gasteiger partial charge in [0.25, 0.3) is 5.69 Å². The quantitative estimate of drug-likeness (QED) is 0.523. The third-order valence-electron chi connectivity index (χ3n) is 2.00. The highest BCUT2D eigenvalue weighted by molar-refractivity contribution is 9.10. The zero-order valence-electron chi connectivity index (χ0n) is 9.14. The Hall–Kier alpha value is -1.08. The van der Waals surface area contributed by atoms with Crippen molar-refractivity contribution < 1.29 is 14.8 Å². The van der Waals surface area contributed by atoms with Gasteiger partial charge in [-0.1, -0.05) is 15.9 Å². The van der Waals surface area contributed by atoms with E-state index in [1.807, 2.05) is 0 Å². The third kappa shape index (κ3) is 3.44. The highest BCUT2D eigenvalue weighted by Gasteiger charge is 2.31. The Balaban J connectivity index is 3.15. The number of nitro benzene ring substituents is 1. The minimum Gasteiger partial charge on any atom is -0.480 e. The molecule has 0 aromatic heterocycles. The summed E-state index contributed by atoms with van der Waals surface area (Å²) in [6.45, 7) is 3.01. The molecule has 17 heavy (non-hydrogen) atoms. The van der Waals surface area contributed by atoms with Crippen LogP contribution in [0.5, 0.6) is 0 Å². The van der Waals surface area contributed by atoms with Crippen LogP contribution < -0.4 is 0 Å². The van der Waals surface area contributed by atoms with Crippen LogP contribution in [0.1, 0.15) is 13.8 Å². The maximum atomic E-state index is 11.0. The molecular weight excluding hydrogens is 310 g/mol. The summed E-state index contributed by atoms with van der Waals surface area (Å²) in [7, 11) is 0. The maximum absolute atomic E-state index is 11.0. The molecule has 0 aliphatic heterocycles. The smallest absolute Gasteiger partial charge is 0.319 e. The Morgan fingerprint density at radius 1 is 1.53 bits per heavy atom. The number of rotatable bonds is 4. The molecule has 5 nitrogen and oxygen atoms in total. The molecule has 0 radical (unpaired) electrons. The molecule has 1 rings (SSSR count). The van der Waals surface area contributed by atoms with Gasteiger partial charge in [-0.25, -0.2) is 0 Å². The summed E-state index contributed by atoms with van der Waals surface area (Å²) >= 11 is 4.10. The number of nitro groups is 1. The van der Waals surface area contributed by atoms with Crippen molar-refractivity contribution in [1.82, 2.24) is 0 Å². The van der Waals surface area contributed by atoms with Crippen LogP contribution in [0, 0.1) is 10.1 Å². The lowest BCUT2D eigenvalue weighted by Crippen LogP contribution is -2.27. The number of halogens is 1. The molecule has 0 atom stereocenters. The molecule has 1 aromatic carbocycles. The van der Waals surface area contributed by atoms with Gasteiger partial charge >= 0.3 is 5.97 Å². The second-order valence-corrected chi connectivity index (χ2v) is 6.37. The van der Waals surface area contributed by atoms with E-state index in [1.54, 1.807) is 6.07 Å². The number of benzene rings is 1. The molecule has 0 fully saturated rings. The third-order valence-corrected chi connectivity index (χ3v) is 3.74. The van der Waals surface area contributed by atoms with E-state index in [9.17, 15) is 14.9 Å². The largest absolute Gasteiger partial charge is 0.480 e. The summed E-state index contributed by atoms with van der Waals surface area (Å²) in [5.74, 6) is -1.01. The number of nitrogens with zero attached hydrogens (tertiary/aromatic N) is 1. The summed E-state index contributed by atoms with van der Waals surface area (Å²) in [5.41, 5.74) is -0.0984. The normalized spacial score (nSPS) is 11.2. The first-order valence-electron chi connectivity index (χ1n) is 4.60. The fourth-order valence-corrected chi connectivity index (χ4v) is 2.40. The van der Waals surface area contributed by atoms with Crippen LogP contribution >= 0.6 is 27.7 Å². The highest BCUT2D eigenvalue weighted by Crippen LogP contribution is 2.39. The van der Waals surface area contributed by atoms with E-state index in [0.29, 0.717) is 9.37 Å². The molecular formula is C10H10BrNO4S.